The van der Waals surface area contributed by atoms with E-state index in [2.05, 4.69) is 5.32 Å². The summed E-state index contributed by atoms with van der Waals surface area (Å²) in [5, 5.41) is 11.9. The molecule has 1 aliphatic rings. The minimum Gasteiger partial charge on any atom is -0.321 e. The number of hydrogen-bond acceptors (Lipinski definition) is 4. The van der Waals surface area contributed by atoms with Crippen LogP contribution in [0.2, 0.25) is 5.02 Å². The summed E-state index contributed by atoms with van der Waals surface area (Å²) in [5.74, 6) is -0.943. The third kappa shape index (κ3) is 6.29. The molecule has 0 aromatic heterocycles. The maximum Gasteiger partial charge on any atom is 0.416 e. The summed E-state index contributed by atoms with van der Waals surface area (Å²) in [4.78, 5) is 28.1. The Balaban J connectivity index is 1.75. The van der Waals surface area contributed by atoms with Gasteiger partial charge in [-0.2, -0.15) is 18.4 Å². The van der Waals surface area contributed by atoms with Gasteiger partial charge in [0.15, 0.2) is 0 Å². The van der Waals surface area contributed by atoms with Gasteiger partial charge in [-0.15, -0.1) is 0 Å². The van der Waals surface area contributed by atoms with Crippen LogP contribution >= 0.6 is 23.4 Å². The van der Waals surface area contributed by atoms with Gasteiger partial charge in [-0.3, -0.25) is 14.5 Å². The normalized spacial score (nSPS) is 16.8. The van der Waals surface area contributed by atoms with Crippen molar-refractivity contribution in [3.63, 3.8) is 0 Å². The molecule has 0 radical (unpaired) electrons. The summed E-state index contributed by atoms with van der Waals surface area (Å²) >= 11 is 7.16. The van der Waals surface area contributed by atoms with Gasteiger partial charge in [0.05, 0.1) is 10.8 Å². The number of alkyl halides is 3. The molecule has 5 nitrogen and oxygen atoms in total. The van der Waals surface area contributed by atoms with E-state index in [0.717, 1.165) is 35.5 Å². The maximum atomic E-state index is 13.7. The van der Waals surface area contributed by atoms with Crippen LogP contribution in [0, 0.1) is 11.3 Å². The molecule has 1 heterocycles. The smallest absolute Gasteiger partial charge is 0.321 e. The first-order valence-corrected chi connectivity index (χ1v) is 13.2. The van der Waals surface area contributed by atoms with E-state index in [-0.39, 0.29) is 33.5 Å². The van der Waals surface area contributed by atoms with Crippen molar-refractivity contribution in [3.8, 4) is 6.07 Å². The molecule has 0 bridgehead atoms. The van der Waals surface area contributed by atoms with Crippen molar-refractivity contribution >= 4 is 46.6 Å². The minimum absolute atomic E-state index is 0.0870. The lowest BCUT2D eigenvalue weighted by molar-refractivity contribution is -0.137. The van der Waals surface area contributed by atoms with Crippen molar-refractivity contribution in [2.75, 3.05) is 10.2 Å². The van der Waals surface area contributed by atoms with Crippen molar-refractivity contribution in [3.05, 3.63) is 105 Å². The molecular weight excluding hydrogens is 547 g/mol. The lowest BCUT2D eigenvalue weighted by Crippen LogP contribution is -2.31. The Kier molecular flexibility index (Phi) is 8.38. The molecule has 1 atom stereocenters. The summed E-state index contributed by atoms with van der Waals surface area (Å²) in [6, 6.07) is 20.5. The first-order valence-electron chi connectivity index (χ1n) is 12.0. The molecule has 2 amide bonds. The van der Waals surface area contributed by atoms with Gasteiger partial charge in [-0.1, -0.05) is 67.5 Å². The third-order valence-corrected chi connectivity index (χ3v) is 7.77. The van der Waals surface area contributed by atoms with Crippen LogP contribution in [0.25, 0.3) is 0 Å². The monoisotopic (exact) mass is 569 g/mol. The fraction of sp³-hybridized carbons (Fsp3) is 0.207. The van der Waals surface area contributed by atoms with Gasteiger partial charge in [-0.05, 0) is 65.9 Å². The molecule has 4 rings (SSSR count). The zero-order chi connectivity index (χ0) is 28.3. The van der Waals surface area contributed by atoms with E-state index in [1.807, 2.05) is 32.0 Å². The number of para-hydroxylation sites is 1. The predicted octanol–water partition coefficient (Wildman–Crippen LogP) is 7.55. The van der Waals surface area contributed by atoms with Gasteiger partial charge in [0, 0.05) is 16.4 Å². The van der Waals surface area contributed by atoms with Crippen molar-refractivity contribution in [2.24, 2.45) is 0 Å². The van der Waals surface area contributed by atoms with Gasteiger partial charge in [0.25, 0.3) is 5.91 Å². The number of nitriles is 1. The second kappa shape index (κ2) is 11.6. The third-order valence-electron chi connectivity index (χ3n) is 6.13. The highest BCUT2D eigenvalue weighted by molar-refractivity contribution is 8.05. The molecule has 39 heavy (non-hydrogen) atoms. The molecule has 1 fully saturated rings. The molecular formula is C29H23ClF3N3O2S. The number of halogens is 4. The molecule has 3 aromatic carbocycles. The summed E-state index contributed by atoms with van der Waals surface area (Å²) in [6.45, 7) is 4.04. The number of carbonyl (C=O) groups is 2. The number of rotatable bonds is 6. The average molecular weight is 570 g/mol. The van der Waals surface area contributed by atoms with Gasteiger partial charge >= 0.3 is 6.18 Å². The number of carbonyl (C=O) groups excluding carboxylic acids is 2. The number of anilines is 2. The highest BCUT2D eigenvalue weighted by Gasteiger charge is 2.41. The van der Waals surface area contributed by atoms with E-state index in [0.29, 0.717) is 11.4 Å². The first-order chi connectivity index (χ1) is 18.5. The van der Waals surface area contributed by atoms with E-state index in [9.17, 15) is 28.0 Å². The Labute approximate surface area is 233 Å². The second-order valence-corrected chi connectivity index (χ2v) is 10.7. The second-order valence-electron chi connectivity index (χ2n) is 9.15. The van der Waals surface area contributed by atoms with Gasteiger partial charge < -0.3 is 5.32 Å². The zero-order valence-electron chi connectivity index (χ0n) is 20.9. The Bertz CT molecular complexity index is 1470. The van der Waals surface area contributed by atoms with E-state index < -0.39 is 28.8 Å². The minimum atomic E-state index is -4.58. The highest BCUT2D eigenvalue weighted by atomic mass is 35.5. The standard InChI is InChI=1S/C29H23ClF3N3O2S/c1-17(2)18-8-11-22(12-9-18)36-27(38)25(15-19-14-20(29(31,32)33)10-13-24(19)30)39-28(36)23(16-34)26(37)35-21-6-4-3-5-7-21/h3-14,17,25H,15H2,1-2H3,(H,35,37)/b28-23-. The van der Waals surface area contributed by atoms with Crippen LogP contribution in [0.3, 0.4) is 0 Å². The van der Waals surface area contributed by atoms with Crippen LogP contribution in [0.4, 0.5) is 24.5 Å². The largest absolute Gasteiger partial charge is 0.416 e. The van der Waals surface area contributed by atoms with E-state index >= 15 is 0 Å². The quantitative estimate of drug-likeness (QED) is 0.246. The van der Waals surface area contributed by atoms with Crippen LogP contribution in [-0.4, -0.2) is 17.1 Å². The molecule has 10 heteroatoms. The van der Waals surface area contributed by atoms with Crippen LogP contribution < -0.4 is 10.2 Å². The SMILES string of the molecule is CC(C)c1ccc(N2C(=O)C(Cc3cc(C(F)(F)F)ccc3Cl)S/C2=C(/C#N)C(=O)Nc2ccccc2)cc1. The fourth-order valence-corrected chi connectivity index (χ4v) is 5.54. The van der Waals surface area contributed by atoms with Gasteiger partial charge in [0.1, 0.15) is 16.7 Å². The summed E-state index contributed by atoms with van der Waals surface area (Å²) < 4.78 is 40.0. The van der Waals surface area contributed by atoms with E-state index in [1.165, 1.54) is 4.90 Å². The van der Waals surface area contributed by atoms with Crippen molar-refractivity contribution < 1.29 is 22.8 Å². The lowest BCUT2D eigenvalue weighted by Gasteiger charge is -2.19. The number of benzene rings is 3. The van der Waals surface area contributed by atoms with Crippen molar-refractivity contribution in [1.82, 2.24) is 0 Å². The zero-order valence-corrected chi connectivity index (χ0v) is 22.5. The summed E-state index contributed by atoms with van der Waals surface area (Å²) in [7, 11) is 0. The Morgan fingerprint density at radius 1 is 1.10 bits per heavy atom. The number of nitrogens with zero attached hydrogens (tertiary/aromatic N) is 2. The average Bonchev–Trinajstić information content (AvgIpc) is 3.20. The predicted molar refractivity (Wildman–Crippen MR) is 147 cm³/mol. The van der Waals surface area contributed by atoms with Gasteiger partial charge in [-0.25, -0.2) is 0 Å². The summed E-state index contributed by atoms with van der Waals surface area (Å²) in [5.41, 5.74) is 0.895. The Morgan fingerprint density at radius 2 is 1.77 bits per heavy atom. The van der Waals surface area contributed by atoms with Crippen molar-refractivity contribution in [2.45, 2.75) is 37.6 Å². The Morgan fingerprint density at radius 3 is 2.36 bits per heavy atom. The molecule has 200 valence electrons. The fourth-order valence-electron chi connectivity index (χ4n) is 4.05. The molecule has 3 aromatic rings. The molecule has 0 aliphatic carbocycles. The topological polar surface area (TPSA) is 73.2 Å². The molecule has 1 saturated heterocycles. The van der Waals surface area contributed by atoms with Crippen LogP contribution in [-0.2, 0) is 22.2 Å². The summed E-state index contributed by atoms with van der Waals surface area (Å²) in [6.07, 6.45) is -4.71. The lowest BCUT2D eigenvalue weighted by atomic mass is 10.0. The first kappa shape index (κ1) is 28.3. The molecule has 0 spiro atoms. The number of nitrogens with one attached hydrogen (secondary N) is 1. The molecule has 0 saturated carbocycles. The van der Waals surface area contributed by atoms with Crippen LogP contribution in [0.1, 0.15) is 36.5 Å². The highest BCUT2D eigenvalue weighted by Crippen LogP contribution is 2.43. The molecule has 1 aliphatic heterocycles. The van der Waals surface area contributed by atoms with Crippen LogP contribution in [0.15, 0.2) is 83.4 Å². The number of amides is 2. The van der Waals surface area contributed by atoms with E-state index in [1.54, 1.807) is 42.5 Å². The molecule has 1 N–H and O–H groups in total. The number of thioether (sulfide) groups is 1. The Hall–Kier alpha value is -3.74. The van der Waals surface area contributed by atoms with Crippen molar-refractivity contribution in [1.29, 1.82) is 5.26 Å². The van der Waals surface area contributed by atoms with Gasteiger partial charge in [0.2, 0.25) is 5.91 Å². The molecule has 1 unspecified atom stereocenters. The number of hydrogen-bond donors (Lipinski definition) is 1. The maximum absolute atomic E-state index is 13.7. The van der Waals surface area contributed by atoms with Crippen LogP contribution in [0.5, 0.6) is 0 Å². The van der Waals surface area contributed by atoms with E-state index in [4.69, 9.17) is 11.6 Å².